The first kappa shape index (κ1) is 32.1. The highest BCUT2D eigenvalue weighted by Crippen LogP contribution is 2.32. The molecule has 2 N–H and O–H groups in total. The number of esters is 3. The minimum atomic E-state index is -2.34. The molecule has 2 rings (SSSR count). The van der Waals surface area contributed by atoms with Crippen LogP contribution in [0.25, 0.3) is 12.8 Å². The maximum Gasteiger partial charge on any atom is 0.303 e. The number of nitrogens with one attached hydrogen (secondary N) is 2. The number of rotatable bonds is 7. The highest BCUT2D eigenvalue weighted by atomic mass is 35.6. The van der Waals surface area contributed by atoms with Crippen molar-refractivity contribution in [3.05, 3.63) is 31.4 Å². The van der Waals surface area contributed by atoms with E-state index >= 15 is 0 Å². The van der Waals surface area contributed by atoms with E-state index in [1.165, 1.54) is 14.1 Å². The lowest BCUT2D eigenvalue weighted by Crippen LogP contribution is -2.66. The van der Waals surface area contributed by atoms with Gasteiger partial charge in [0.15, 0.2) is 12.2 Å². The van der Waals surface area contributed by atoms with E-state index in [0.29, 0.717) is 0 Å². The van der Waals surface area contributed by atoms with Crippen LogP contribution in [0, 0.1) is 5.41 Å². The predicted molar refractivity (Wildman–Crippen MR) is 139 cm³/mol. The lowest BCUT2D eigenvalue weighted by atomic mass is 9.96. The molecule has 17 heteroatoms. The molecule has 1 saturated heterocycles. The molecular weight excluding hydrogens is 587 g/mol. The number of hydrogen-bond acceptors (Lipinski definition) is 12. The van der Waals surface area contributed by atoms with Gasteiger partial charge in [0.05, 0.1) is 0 Å². The number of carbonyl (C=O) groups is 3. The minimum Gasteiger partial charge on any atom is -0.463 e. The molecule has 216 valence electrons. The monoisotopic (exact) mass is 612 g/mol. The average Bonchev–Trinajstić information content (AvgIpc) is 2.81. The second-order valence-corrected chi connectivity index (χ2v) is 10.6. The van der Waals surface area contributed by atoms with Gasteiger partial charge in [-0.25, -0.2) is 0 Å². The summed E-state index contributed by atoms with van der Waals surface area (Å²) in [6.45, 7) is 6.45. The van der Waals surface area contributed by atoms with Crippen LogP contribution in [-0.4, -0.2) is 74.0 Å². The van der Waals surface area contributed by atoms with Gasteiger partial charge in [-0.2, -0.15) is 0 Å². The Morgan fingerprint density at radius 3 is 1.97 bits per heavy atom. The number of ether oxygens (including phenoxy) is 5. The van der Waals surface area contributed by atoms with Crippen molar-refractivity contribution in [2.24, 2.45) is 14.1 Å². The number of alkyl halides is 3. The van der Waals surface area contributed by atoms with Crippen molar-refractivity contribution in [2.45, 2.75) is 55.2 Å². The summed E-state index contributed by atoms with van der Waals surface area (Å²) in [5, 5.41) is 10.4. The van der Waals surface area contributed by atoms with Crippen LogP contribution in [0.1, 0.15) is 20.8 Å². The van der Waals surface area contributed by atoms with E-state index in [9.17, 15) is 24.0 Å². The third-order valence-electron chi connectivity index (χ3n) is 5.46. The first-order valence-electron chi connectivity index (χ1n) is 11.1. The summed E-state index contributed by atoms with van der Waals surface area (Å²) < 4.78 is 26.9. The summed E-state index contributed by atoms with van der Waals surface area (Å²) in [6.07, 6.45) is -4.77. The van der Waals surface area contributed by atoms with Crippen molar-refractivity contribution in [1.29, 1.82) is 5.41 Å². The lowest BCUT2D eigenvalue weighted by molar-refractivity contribution is -0.259. The van der Waals surface area contributed by atoms with E-state index in [2.05, 4.69) is 11.9 Å². The Bertz CT molecular complexity index is 1330. The fraction of sp³-hybridized carbons (Fsp3) is 0.545. The second-order valence-electron chi connectivity index (χ2n) is 8.33. The van der Waals surface area contributed by atoms with Gasteiger partial charge in [0.2, 0.25) is 12.2 Å². The molecule has 1 aliphatic rings. The van der Waals surface area contributed by atoms with Gasteiger partial charge in [-0.05, 0) is 0 Å². The molecule has 1 fully saturated rings. The third-order valence-corrected chi connectivity index (χ3v) is 5.97. The van der Waals surface area contributed by atoms with E-state index < -0.39 is 76.0 Å². The first-order chi connectivity index (χ1) is 17.9. The van der Waals surface area contributed by atoms with E-state index in [0.717, 1.165) is 36.1 Å². The molecule has 0 unspecified atom stereocenters. The van der Waals surface area contributed by atoms with Crippen LogP contribution in [0.3, 0.4) is 0 Å². The SMILES string of the molecule is C=c1n(C)c(=O)c(=CN[C@H]2[C@@H](OC(=N)C(Cl)(Cl)Cl)O[C@H](COC(C)=O)[C@@H](OC(C)=O)[C@@H]2OC(C)=O)c(=O)n1C. The summed E-state index contributed by atoms with van der Waals surface area (Å²) in [6, 6.07) is -1.38. The number of hydrogen-bond donors (Lipinski definition) is 2. The van der Waals surface area contributed by atoms with Crippen LogP contribution in [-0.2, 0) is 52.2 Å². The van der Waals surface area contributed by atoms with Gasteiger partial charge in [-0.15, -0.1) is 0 Å². The molecule has 0 spiro atoms. The van der Waals surface area contributed by atoms with Gasteiger partial charge in [0, 0.05) is 41.1 Å². The summed E-state index contributed by atoms with van der Waals surface area (Å²) in [5.74, 6) is -3.25. The number of halogens is 3. The standard InChI is InChI=1S/C22H27Cl3N4O10/c1-9-28(5)18(33)13(19(34)29(9)6)7-27-15-17(37-12(4)32)16(36-11(3)31)14(8-35-10(2)30)38-20(15)39-21(26)22(23,24)25/h7,14-17,20,26-27H,1,8H2,2-6H3/t14-,15-,16-,17-,20-/m1/s1. The zero-order valence-electron chi connectivity index (χ0n) is 21.5. The summed E-state index contributed by atoms with van der Waals surface area (Å²) >= 11 is 17.3. The summed E-state index contributed by atoms with van der Waals surface area (Å²) in [7, 11) is 2.80. The van der Waals surface area contributed by atoms with Crippen molar-refractivity contribution >= 4 is 71.4 Å². The Hall–Kier alpha value is -3.07. The second kappa shape index (κ2) is 12.9. The fourth-order valence-corrected chi connectivity index (χ4v) is 3.71. The molecule has 0 aliphatic carbocycles. The summed E-state index contributed by atoms with van der Waals surface area (Å²) in [4.78, 5) is 61.0. The molecular formula is C22H27Cl3N4O10. The number of carbonyl (C=O) groups excluding carboxylic acids is 3. The van der Waals surface area contributed by atoms with Crippen molar-refractivity contribution < 1.29 is 38.1 Å². The fourth-order valence-electron chi connectivity index (χ4n) is 3.58. The maximum absolute atomic E-state index is 12.8. The normalized spacial score (nSPS) is 22.8. The molecule has 1 aromatic rings. The first-order valence-corrected chi connectivity index (χ1v) is 12.3. The molecule has 0 radical (unpaired) electrons. The topological polar surface area (TPSA) is 177 Å². The van der Waals surface area contributed by atoms with Crippen LogP contribution in [0.15, 0.2) is 9.59 Å². The number of nitrogens with zero attached hydrogens (tertiary/aromatic N) is 2. The Morgan fingerprint density at radius 1 is 1.00 bits per heavy atom. The van der Waals surface area contributed by atoms with Gasteiger partial charge >= 0.3 is 17.9 Å². The zero-order valence-corrected chi connectivity index (χ0v) is 23.8. The molecule has 0 aromatic carbocycles. The molecule has 0 amide bonds. The van der Waals surface area contributed by atoms with Crippen molar-refractivity contribution in [3.63, 3.8) is 0 Å². The van der Waals surface area contributed by atoms with E-state index in [-0.39, 0.29) is 10.7 Å². The van der Waals surface area contributed by atoms with Gasteiger partial charge in [-0.1, -0.05) is 41.4 Å². The molecule has 2 heterocycles. The van der Waals surface area contributed by atoms with Crippen LogP contribution >= 0.6 is 34.8 Å². The van der Waals surface area contributed by atoms with Gasteiger partial charge in [0.1, 0.15) is 29.5 Å². The quantitative estimate of drug-likeness (QED) is 0.123. The Labute approximate surface area is 236 Å². The van der Waals surface area contributed by atoms with E-state index in [1.54, 1.807) is 0 Å². The molecule has 0 saturated carbocycles. The Kier molecular flexibility index (Phi) is 10.6. The van der Waals surface area contributed by atoms with Crippen molar-refractivity contribution in [2.75, 3.05) is 6.61 Å². The Balaban J connectivity index is 2.71. The van der Waals surface area contributed by atoms with Gasteiger partial charge in [0.25, 0.3) is 14.9 Å². The van der Waals surface area contributed by atoms with E-state index in [1.807, 2.05) is 0 Å². The zero-order chi connectivity index (χ0) is 29.8. The van der Waals surface area contributed by atoms with Crippen molar-refractivity contribution in [3.8, 4) is 0 Å². The number of aromatic nitrogens is 2. The molecule has 14 nitrogen and oxygen atoms in total. The highest BCUT2D eigenvalue weighted by Gasteiger charge is 2.52. The third kappa shape index (κ3) is 7.97. The van der Waals surface area contributed by atoms with E-state index in [4.69, 9.17) is 63.9 Å². The van der Waals surface area contributed by atoms with Gasteiger partial charge < -0.3 is 29.0 Å². The van der Waals surface area contributed by atoms with Crippen LogP contribution < -0.4 is 27.1 Å². The largest absolute Gasteiger partial charge is 0.463 e. The average molecular weight is 614 g/mol. The molecule has 5 atom stereocenters. The smallest absolute Gasteiger partial charge is 0.303 e. The van der Waals surface area contributed by atoms with Crippen molar-refractivity contribution in [1.82, 2.24) is 14.5 Å². The predicted octanol–water partition coefficient (Wildman–Crippen LogP) is -1.29. The minimum absolute atomic E-state index is 0.126. The highest BCUT2D eigenvalue weighted by molar-refractivity contribution is 6.76. The molecule has 0 bridgehead atoms. The molecule has 1 aliphatic heterocycles. The maximum atomic E-state index is 12.8. The Morgan fingerprint density at radius 2 is 1.51 bits per heavy atom. The van der Waals surface area contributed by atoms with Gasteiger partial charge in [-0.3, -0.25) is 38.5 Å². The molecule has 39 heavy (non-hydrogen) atoms. The molecule has 1 aromatic heterocycles. The summed E-state index contributed by atoms with van der Waals surface area (Å²) in [5.41, 5.74) is -1.30. The van der Waals surface area contributed by atoms with Crippen LogP contribution in [0.5, 0.6) is 0 Å². The lowest BCUT2D eigenvalue weighted by Gasteiger charge is -2.45. The van der Waals surface area contributed by atoms with Crippen LogP contribution in [0.4, 0.5) is 0 Å². The van der Waals surface area contributed by atoms with Crippen LogP contribution in [0.2, 0.25) is 0 Å².